The Morgan fingerprint density at radius 3 is 2.19 bits per heavy atom. The second-order valence-corrected chi connectivity index (χ2v) is 3.96. The molecule has 1 aliphatic heterocycles. The van der Waals surface area contributed by atoms with Gasteiger partial charge in [0.15, 0.2) is 0 Å². The summed E-state index contributed by atoms with van der Waals surface area (Å²) in [6.07, 6.45) is 0. The quantitative estimate of drug-likeness (QED) is 0.612. The Labute approximate surface area is 101 Å². The first-order valence-corrected chi connectivity index (χ1v) is 6.33. The summed E-state index contributed by atoms with van der Waals surface area (Å²) >= 11 is 0. The van der Waals surface area contributed by atoms with Crippen molar-refractivity contribution in [2.75, 3.05) is 0 Å². The minimum absolute atomic E-state index is 0.0803. The molecule has 0 bridgehead atoms. The first kappa shape index (κ1) is 15.2. The molecule has 0 saturated carbocycles. The van der Waals surface area contributed by atoms with Crippen molar-refractivity contribution in [2.24, 2.45) is 0 Å². The van der Waals surface area contributed by atoms with E-state index in [2.05, 4.69) is 39.0 Å². The summed E-state index contributed by atoms with van der Waals surface area (Å²) in [5, 5.41) is 0. The Morgan fingerprint density at radius 2 is 1.62 bits per heavy atom. The average molecular weight is 222 g/mol. The molecule has 0 aliphatic carbocycles. The summed E-state index contributed by atoms with van der Waals surface area (Å²) in [5.74, 6) is 0. The van der Waals surface area contributed by atoms with Gasteiger partial charge in [0.05, 0.1) is 12.2 Å². The van der Waals surface area contributed by atoms with Crippen LogP contribution in [-0.4, -0.2) is 0 Å². The van der Waals surface area contributed by atoms with Crippen LogP contribution in [0.3, 0.4) is 0 Å². The van der Waals surface area contributed by atoms with E-state index in [9.17, 15) is 0 Å². The molecule has 1 aromatic carbocycles. The second-order valence-electron chi connectivity index (χ2n) is 3.96. The van der Waals surface area contributed by atoms with Gasteiger partial charge in [0.25, 0.3) is 0 Å². The van der Waals surface area contributed by atoms with Gasteiger partial charge in [0.2, 0.25) is 0 Å². The minimum Gasteiger partial charge on any atom is -0.366 e. The zero-order valence-corrected chi connectivity index (χ0v) is 11.8. The molecule has 2 rings (SSSR count). The maximum atomic E-state index is 5.67. The molecule has 0 radical (unpaired) electrons. The third kappa shape index (κ3) is 3.34. The summed E-state index contributed by atoms with van der Waals surface area (Å²) in [6.45, 7) is 15.1. The fourth-order valence-corrected chi connectivity index (χ4v) is 1.77. The molecule has 0 N–H and O–H groups in total. The molecular formula is C15H26O. The molecule has 1 aromatic rings. The van der Waals surface area contributed by atoms with Gasteiger partial charge < -0.3 is 4.74 Å². The Bertz CT molecular complexity index is 313. The van der Waals surface area contributed by atoms with Gasteiger partial charge >= 0.3 is 0 Å². The number of aryl methyl sites for hydroxylation is 1. The number of hydrogen-bond acceptors (Lipinski definition) is 1. The molecule has 1 nitrogen and oxygen atoms in total. The number of rotatable bonds is 0. The Kier molecular flexibility index (Phi) is 6.35. The van der Waals surface area contributed by atoms with Gasteiger partial charge in [-0.3, -0.25) is 0 Å². The van der Waals surface area contributed by atoms with Gasteiger partial charge in [-0.15, -0.1) is 0 Å². The standard InChI is InChI=1S/C11H14O.2C2H6/c1-8-4-5-10-9(6-8)7-12-11(10,2)3;2*1-2/h4-6H,7H2,1-3H3;2*1-2H3. The molecule has 0 spiro atoms. The summed E-state index contributed by atoms with van der Waals surface area (Å²) in [7, 11) is 0. The average Bonchev–Trinajstić information content (AvgIpc) is 2.60. The maximum absolute atomic E-state index is 5.67. The van der Waals surface area contributed by atoms with Crippen LogP contribution in [-0.2, 0) is 16.9 Å². The predicted octanol–water partition coefficient (Wildman–Crippen LogP) is 4.81. The fourth-order valence-electron chi connectivity index (χ4n) is 1.77. The predicted molar refractivity (Wildman–Crippen MR) is 71.7 cm³/mol. The van der Waals surface area contributed by atoms with Crippen molar-refractivity contribution in [3.8, 4) is 0 Å². The Balaban J connectivity index is 0.000000509. The van der Waals surface area contributed by atoms with Crippen LogP contribution in [0.1, 0.15) is 58.2 Å². The zero-order valence-electron chi connectivity index (χ0n) is 11.8. The highest BCUT2D eigenvalue weighted by Crippen LogP contribution is 2.35. The van der Waals surface area contributed by atoms with E-state index in [1.54, 1.807) is 0 Å². The van der Waals surface area contributed by atoms with E-state index in [4.69, 9.17) is 4.74 Å². The molecule has 0 unspecified atom stereocenters. The lowest BCUT2D eigenvalue weighted by atomic mass is 9.95. The van der Waals surface area contributed by atoms with E-state index in [-0.39, 0.29) is 5.60 Å². The Morgan fingerprint density at radius 1 is 1.06 bits per heavy atom. The Hall–Kier alpha value is -0.820. The van der Waals surface area contributed by atoms with Crippen LogP contribution < -0.4 is 0 Å². The van der Waals surface area contributed by atoms with Gasteiger partial charge in [-0.25, -0.2) is 0 Å². The third-order valence-electron chi connectivity index (χ3n) is 2.50. The second kappa shape index (κ2) is 6.70. The zero-order chi connectivity index (χ0) is 12.8. The van der Waals surface area contributed by atoms with Crippen molar-refractivity contribution in [1.82, 2.24) is 0 Å². The van der Waals surface area contributed by atoms with Crippen molar-refractivity contribution in [2.45, 2.75) is 60.7 Å². The highest BCUT2D eigenvalue weighted by molar-refractivity contribution is 5.37. The lowest BCUT2D eigenvalue weighted by Gasteiger charge is -2.17. The molecular weight excluding hydrogens is 196 g/mol. The summed E-state index contributed by atoms with van der Waals surface area (Å²) < 4.78 is 5.67. The van der Waals surface area contributed by atoms with Gasteiger partial charge in [-0.05, 0) is 31.9 Å². The monoisotopic (exact) mass is 222 g/mol. The molecule has 0 saturated heterocycles. The van der Waals surface area contributed by atoms with Crippen LogP contribution in [0, 0.1) is 6.92 Å². The van der Waals surface area contributed by atoms with Crippen molar-refractivity contribution < 1.29 is 4.74 Å². The fraction of sp³-hybridized carbons (Fsp3) is 0.600. The number of benzene rings is 1. The molecule has 16 heavy (non-hydrogen) atoms. The smallest absolute Gasteiger partial charge is 0.0883 e. The van der Waals surface area contributed by atoms with Gasteiger partial charge in [0, 0.05) is 0 Å². The summed E-state index contributed by atoms with van der Waals surface area (Å²) in [4.78, 5) is 0. The van der Waals surface area contributed by atoms with Crippen molar-refractivity contribution in [3.05, 3.63) is 34.9 Å². The van der Waals surface area contributed by atoms with Gasteiger partial charge in [-0.1, -0.05) is 51.5 Å². The summed E-state index contributed by atoms with van der Waals surface area (Å²) in [6, 6.07) is 6.54. The van der Waals surface area contributed by atoms with E-state index < -0.39 is 0 Å². The normalized spacial score (nSPS) is 15.2. The maximum Gasteiger partial charge on any atom is 0.0883 e. The molecule has 1 heteroatoms. The molecule has 1 heterocycles. The van der Waals surface area contributed by atoms with Gasteiger partial charge in [-0.2, -0.15) is 0 Å². The van der Waals surface area contributed by atoms with E-state index in [0.29, 0.717) is 0 Å². The molecule has 0 fully saturated rings. The number of hydrogen-bond donors (Lipinski definition) is 0. The van der Waals surface area contributed by atoms with E-state index in [1.807, 2.05) is 27.7 Å². The van der Waals surface area contributed by atoms with Crippen LogP contribution in [0.25, 0.3) is 0 Å². The van der Waals surface area contributed by atoms with Crippen LogP contribution in [0.4, 0.5) is 0 Å². The molecule has 1 aliphatic rings. The van der Waals surface area contributed by atoms with Crippen molar-refractivity contribution in [3.63, 3.8) is 0 Å². The number of fused-ring (bicyclic) bond motifs is 1. The minimum atomic E-state index is -0.0803. The van der Waals surface area contributed by atoms with Crippen molar-refractivity contribution in [1.29, 1.82) is 0 Å². The molecule has 0 amide bonds. The molecule has 92 valence electrons. The number of ether oxygens (including phenoxy) is 1. The first-order chi connectivity index (χ1) is 7.59. The largest absolute Gasteiger partial charge is 0.366 e. The topological polar surface area (TPSA) is 9.23 Å². The van der Waals surface area contributed by atoms with Crippen LogP contribution in [0.15, 0.2) is 18.2 Å². The van der Waals surface area contributed by atoms with Crippen LogP contribution in [0.2, 0.25) is 0 Å². The lowest BCUT2D eigenvalue weighted by Crippen LogP contribution is -2.14. The molecule has 0 aromatic heterocycles. The SMILES string of the molecule is CC.CC.Cc1ccc2c(c1)COC2(C)C. The van der Waals surface area contributed by atoms with Crippen LogP contribution in [0.5, 0.6) is 0 Å². The van der Waals surface area contributed by atoms with Crippen LogP contribution >= 0.6 is 0 Å². The first-order valence-electron chi connectivity index (χ1n) is 6.33. The highest BCUT2D eigenvalue weighted by Gasteiger charge is 2.30. The van der Waals surface area contributed by atoms with Crippen molar-refractivity contribution >= 4 is 0 Å². The third-order valence-corrected chi connectivity index (χ3v) is 2.50. The van der Waals surface area contributed by atoms with E-state index in [0.717, 1.165) is 6.61 Å². The van der Waals surface area contributed by atoms with E-state index in [1.165, 1.54) is 16.7 Å². The molecule has 0 atom stereocenters. The lowest BCUT2D eigenvalue weighted by molar-refractivity contribution is -0.00789. The van der Waals surface area contributed by atoms with Gasteiger partial charge in [0.1, 0.15) is 0 Å². The highest BCUT2D eigenvalue weighted by atomic mass is 16.5. The summed E-state index contributed by atoms with van der Waals surface area (Å²) in [5.41, 5.74) is 3.92. The van der Waals surface area contributed by atoms with E-state index >= 15 is 0 Å².